The number of nitrogens with zero attached hydrogens (tertiary/aromatic N) is 1. The molecular formula is C22H26N2O. The molecule has 1 fully saturated rings. The molecule has 1 heterocycles. The van der Waals surface area contributed by atoms with Gasteiger partial charge >= 0.3 is 0 Å². The van der Waals surface area contributed by atoms with Gasteiger partial charge in [-0.05, 0) is 43.4 Å². The summed E-state index contributed by atoms with van der Waals surface area (Å²) in [6.45, 7) is 3.83. The fraction of sp³-hybridized carbons (Fsp3) is 0.409. The normalized spacial score (nSPS) is 20.7. The molecule has 1 amide bonds. The molecule has 1 unspecified atom stereocenters. The number of rotatable bonds is 5. The Bertz CT molecular complexity index is 752. The van der Waals surface area contributed by atoms with E-state index >= 15 is 0 Å². The van der Waals surface area contributed by atoms with E-state index in [2.05, 4.69) is 53.5 Å². The number of para-hydroxylation sites is 1. The van der Waals surface area contributed by atoms with Gasteiger partial charge in [0.1, 0.15) is 0 Å². The van der Waals surface area contributed by atoms with E-state index in [0.29, 0.717) is 12.6 Å². The highest BCUT2D eigenvalue weighted by molar-refractivity contribution is 5.89. The number of carbonyl (C=O) groups excluding carboxylic acids is 1. The molecule has 1 aliphatic heterocycles. The molecule has 25 heavy (non-hydrogen) atoms. The Morgan fingerprint density at radius 1 is 1.12 bits per heavy atom. The zero-order chi connectivity index (χ0) is 17.3. The van der Waals surface area contributed by atoms with E-state index in [1.807, 2.05) is 18.2 Å². The third kappa shape index (κ3) is 2.82. The second-order valence-electron chi connectivity index (χ2n) is 7.43. The molecule has 1 aliphatic carbocycles. The summed E-state index contributed by atoms with van der Waals surface area (Å²) in [6.07, 6.45) is 4.16. The van der Waals surface area contributed by atoms with Crippen molar-refractivity contribution in [3.63, 3.8) is 0 Å². The molecule has 130 valence electrons. The van der Waals surface area contributed by atoms with Crippen LogP contribution in [0.2, 0.25) is 0 Å². The van der Waals surface area contributed by atoms with Crippen LogP contribution in [0.3, 0.4) is 0 Å². The monoisotopic (exact) mass is 334 g/mol. The van der Waals surface area contributed by atoms with Crippen LogP contribution < -0.4 is 10.2 Å². The molecule has 0 spiro atoms. The summed E-state index contributed by atoms with van der Waals surface area (Å²) in [5.41, 5.74) is 3.61. The largest absolute Gasteiger partial charge is 0.367 e. The first-order valence-electron chi connectivity index (χ1n) is 9.39. The van der Waals surface area contributed by atoms with Crippen molar-refractivity contribution >= 4 is 11.6 Å². The van der Waals surface area contributed by atoms with Crippen LogP contribution in [0, 0.1) is 0 Å². The quantitative estimate of drug-likeness (QED) is 0.905. The van der Waals surface area contributed by atoms with Gasteiger partial charge in [-0.3, -0.25) is 4.79 Å². The SMILES string of the molecule is CC1Cc2ccccc2N1CCNC(=O)C1(c2ccccc2)CCC1. The summed E-state index contributed by atoms with van der Waals surface area (Å²) in [5, 5.41) is 3.22. The number of amides is 1. The Kier molecular flexibility index (Phi) is 4.24. The summed E-state index contributed by atoms with van der Waals surface area (Å²) in [6, 6.07) is 19.4. The van der Waals surface area contributed by atoms with Gasteiger partial charge in [-0.25, -0.2) is 0 Å². The van der Waals surface area contributed by atoms with Crippen molar-refractivity contribution < 1.29 is 4.79 Å². The smallest absolute Gasteiger partial charge is 0.230 e. The molecule has 0 radical (unpaired) electrons. The van der Waals surface area contributed by atoms with Crippen LogP contribution in [0.15, 0.2) is 54.6 Å². The molecular weight excluding hydrogens is 308 g/mol. The lowest BCUT2D eigenvalue weighted by Crippen LogP contribution is -2.50. The molecule has 1 atom stereocenters. The van der Waals surface area contributed by atoms with Crippen LogP contribution in [0.5, 0.6) is 0 Å². The van der Waals surface area contributed by atoms with E-state index in [1.54, 1.807) is 0 Å². The second kappa shape index (κ2) is 6.55. The first kappa shape index (κ1) is 16.2. The molecule has 3 nitrogen and oxygen atoms in total. The lowest BCUT2D eigenvalue weighted by Gasteiger charge is -2.41. The van der Waals surface area contributed by atoms with Crippen molar-refractivity contribution in [3.05, 3.63) is 65.7 Å². The zero-order valence-electron chi connectivity index (χ0n) is 14.9. The van der Waals surface area contributed by atoms with Crippen LogP contribution in [0.4, 0.5) is 5.69 Å². The maximum atomic E-state index is 12.9. The fourth-order valence-electron chi connectivity index (χ4n) is 4.36. The van der Waals surface area contributed by atoms with Crippen molar-refractivity contribution in [1.29, 1.82) is 0 Å². The number of benzene rings is 2. The maximum Gasteiger partial charge on any atom is 0.230 e. The van der Waals surface area contributed by atoms with Crippen LogP contribution in [-0.2, 0) is 16.6 Å². The van der Waals surface area contributed by atoms with Gasteiger partial charge in [0.15, 0.2) is 0 Å². The zero-order valence-corrected chi connectivity index (χ0v) is 14.9. The Morgan fingerprint density at radius 2 is 1.84 bits per heavy atom. The van der Waals surface area contributed by atoms with Gasteiger partial charge in [0, 0.05) is 24.8 Å². The number of anilines is 1. The first-order valence-corrected chi connectivity index (χ1v) is 9.39. The average molecular weight is 334 g/mol. The van der Waals surface area contributed by atoms with Gasteiger partial charge in [-0.1, -0.05) is 55.0 Å². The van der Waals surface area contributed by atoms with Crippen LogP contribution >= 0.6 is 0 Å². The summed E-state index contributed by atoms with van der Waals surface area (Å²) in [4.78, 5) is 15.3. The Morgan fingerprint density at radius 3 is 2.56 bits per heavy atom. The Hall–Kier alpha value is -2.29. The van der Waals surface area contributed by atoms with E-state index < -0.39 is 0 Å². The molecule has 2 aromatic carbocycles. The van der Waals surface area contributed by atoms with Gasteiger partial charge in [0.25, 0.3) is 0 Å². The summed E-state index contributed by atoms with van der Waals surface area (Å²) in [5.74, 6) is 0.199. The third-order valence-electron chi connectivity index (χ3n) is 5.95. The molecule has 1 N–H and O–H groups in total. The summed E-state index contributed by atoms with van der Waals surface area (Å²) < 4.78 is 0. The molecule has 0 bridgehead atoms. The van der Waals surface area contributed by atoms with Crippen molar-refractivity contribution in [2.75, 3.05) is 18.0 Å². The van der Waals surface area contributed by atoms with E-state index in [1.165, 1.54) is 16.8 Å². The molecule has 3 heteroatoms. The molecule has 2 aromatic rings. The van der Waals surface area contributed by atoms with E-state index in [9.17, 15) is 4.79 Å². The van der Waals surface area contributed by atoms with Gasteiger partial charge in [0.05, 0.1) is 5.41 Å². The number of fused-ring (bicyclic) bond motifs is 1. The highest BCUT2D eigenvalue weighted by Crippen LogP contribution is 2.43. The van der Waals surface area contributed by atoms with Crippen LogP contribution in [0.1, 0.15) is 37.3 Å². The summed E-state index contributed by atoms with van der Waals surface area (Å²) >= 11 is 0. The molecule has 0 aromatic heterocycles. The molecule has 0 saturated heterocycles. The average Bonchev–Trinajstić information content (AvgIpc) is 2.91. The molecule has 2 aliphatic rings. The van der Waals surface area contributed by atoms with Crippen molar-refractivity contribution in [1.82, 2.24) is 5.32 Å². The van der Waals surface area contributed by atoms with Gasteiger partial charge in [0.2, 0.25) is 5.91 Å². The van der Waals surface area contributed by atoms with Crippen LogP contribution in [0.25, 0.3) is 0 Å². The number of hydrogen-bond donors (Lipinski definition) is 1. The van der Waals surface area contributed by atoms with Crippen molar-refractivity contribution in [2.45, 2.75) is 44.1 Å². The van der Waals surface area contributed by atoms with Crippen molar-refractivity contribution in [3.8, 4) is 0 Å². The van der Waals surface area contributed by atoms with Gasteiger partial charge in [-0.15, -0.1) is 0 Å². The van der Waals surface area contributed by atoms with Crippen molar-refractivity contribution in [2.24, 2.45) is 0 Å². The lowest BCUT2D eigenvalue weighted by atomic mass is 9.64. The lowest BCUT2D eigenvalue weighted by molar-refractivity contribution is -0.129. The maximum absolute atomic E-state index is 12.9. The Balaban J connectivity index is 1.40. The first-order chi connectivity index (χ1) is 12.2. The predicted octanol–water partition coefficient (Wildman–Crippen LogP) is 3.68. The highest BCUT2D eigenvalue weighted by atomic mass is 16.2. The standard InChI is InChI=1S/C22H26N2O/c1-17-16-18-8-5-6-11-20(18)24(17)15-14-23-21(25)22(12-7-13-22)19-9-3-2-4-10-19/h2-6,8-11,17H,7,12-16H2,1H3,(H,23,25). The van der Waals surface area contributed by atoms with E-state index in [0.717, 1.165) is 32.2 Å². The predicted molar refractivity (Wildman–Crippen MR) is 102 cm³/mol. The summed E-state index contributed by atoms with van der Waals surface area (Å²) in [7, 11) is 0. The third-order valence-corrected chi connectivity index (χ3v) is 5.95. The fourth-order valence-corrected chi connectivity index (χ4v) is 4.36. The topological polar surface area (TPSA) is 32.3 Å². The van der Waals surface area contributed by atoms with Gasteiger partial charge < -0.3 is 10.2 Å². The highest BCUT2D eigenvalue weighted by Gasteiger charge is 2.45. The minimum absolute atomic E-state index is 0.199. The minimum Gasteiger partial charge on any atom is -0.367 e. The minimum atomic E-state index is -0.296. The Labute approximate surface area is 150 Å². The molecule has 1 saturated carbocycles. The second-order valence-corrected chi connectivity index (χ2v) is 7.43. The van der Waals surface area contributed by atoms with Crippen LogP contribution in [-0.4, -0.2) is 25.0 Å². The number of hydrogen-bond acceptors (Lipinski definition) is 2. The van der Waals surface area contributed by atoms with E-state index in [-0.39, 0.29) is 11.3 Å². The number of carbonyl (C=O) groups is 1. The number of nitrogens with one attached hydrogen (secondary N) is 1. The molecule has 4 rings (SSSR count). The van der Waals surface area contributed by atoms with Gasteiger partial charge in [-0.2, -0.15) is 0 Å². The van der Waals surface area contributed by atoms with E-state index in [4.69, 9.17) is 0 Å².